The monoisotopic (exact) mass is 281 g/mol. The van der Waals surface area contributed by atoms with E-state index in [1.54, 1.807) is 12.1 Å². The summed E-state index contributed by atoms with van der Waals surface area (Å²) in [4.78, 5) is 1.97. The number of aliphatic hydroxyl groups is 1. The third-order valence-electron chi connectivity index (χ3n) is 3.49. The summed E-state index contributed by atoms with van der Waals surface area (Å²) in [5, 5.41) is 16.0. The molecule has 0 aliphatic carbocycles. The highest BCUT2D eigenvalue weighted by Gasteiger charge is 2.21. The Morgan fingerprint density at radius 2 is 2.15 bits per heavy atom. The van der Waals surface area contributed by atoms with Crippen LogP contribution in [0.25, 0.3) is 0 Å². The summed E-state index contributed by atoms with van der Waals surface area (Å²) in [6.45, 7) is 1.81. The third kappa shape index (κ3) is 3.46. The van der Waals surface area contributed by atoms with Crippen molar-refractivity contribution in [2.75, 3.05) is 31.2 Å². The van der Waals surface area contributed by atoms with Crippen molar-refractivity contribution in [3.63, 3.8) is 0 Å². The average Bonchev–Trinajstić information content (AvgIpc) is 2.45. The van der Waals surface area contributed by atoms with Crippen LogP contribution >= 0.6 is 0 Å². The van der Waals surface area contributed by atoms with Gasteiger partial charge in [-0.05, 0) is 31.0 Å². The fourth-order valence-corrected chi connectivity index (χ4v) is 2.41. The zero-order valence-corrected chi connectivity index (χ0v) is 11.3. The normalized spacial score (nSPS) is 16.4. The molecule has 1 saturated heterocycles. The Hall–Kier alpha value is -1.66. The van der Waals surface area contributed by atoms with Crippen LogP contribution in [0.15, 0.2) is 18.2 Å². The smallest absolute Gasteiger partial charge is 0.147 e. The van der Waals surface area contributed by atoms with E-state index in [1.807, 2.05) is 4.90 Å². The summed E-state index contributed by atoms with van der Waals surface area (Å²) in [6.07, 6.45) is 1.76. The first-order chi connectivity index (χ1) is 9.61. The summed E-state index contributed by atoms with van der Waals surface area (Å²) >= 11 is 0. The van der Waals surface area contributed by atoms with Gasteiger partial charge in [-0.1, -0.05) is 0 Å². The lowest BCUT2D eigenvalue weighted by atomic mass is 10.1. The van der Waals surface area contributed by atoms with Crippen molar-refractivity contribution in [1.29, 1.82) is 5.41 Å². The second kappa shape index (κ2) is 6.67. The highest BCUT2D eigenvalue weighted by Crippen LogP contribution is 2.25. The minimum atomic E-state index is -0.354. The van der Waals surface area contributed by atoms with Gasteiger partial charge in [0.2, 0.25) is 0 Å². The highest BCUT2D eigenvalue weighted by molar-refractivity contribution is 5.95. The summed E-state index contributed by atoms with van der Waals surface area (Å²) < 4.78 is 19.5. The summed E-state index contributed by atoms with van der Waals surface area (Å²) in [5.41, 5.74) is 6.28. The SMILES string of the molecule is N=C(N)c1ccc(N2CCC(OCCO)CC2)c(F)c1. The van der Waals surface area contributed by atoms with Crippen molar-refractivity contribution in [2.45, 2.75) is 18.9 Å². The summed E-state index contributed by atoms with van der Waals surface area (Å²) in [6, 6.07) is 4.63. The third-order valence-corrected chi connectivity index (χ3v) is 3.49. The largest absolute Gasteiger partial charge is 0.394 e. The number of piperidine rings is 1. The molecule has 0 bridgehead atoms. The van der Waals surface area contributed by atoms with Crippen LogP contribution in [0.3, 0.4) is 0 Å². The van der Waals surface area contributed by atoms with Crippen LogP contribution in [0.2, 0.25) is 0 Å². The van der Waals surface area contributed by atoms with E-state index in [9.17, 15) is 4.39 Å². The highest BCUT2D eigenvalue weighted by atomic mass is 19.1. The molecule has 1 aliphatic heterocycles. The van der Waals surface area contributed by atoms with Crippen LogP contribution in [0.1, 0.15) is 18.4 Å². The number of rotatable bonds is 5. The number of ether oxygens (including phenoxy) is 1. The Labute approximate surface area is 117 Å². The molecule has 4 N–H and O–H groups in total. The van der Waals surface area contributed by atoms with Gasteiger partial charge in [-0.25, -0.2) is 4.39 Å². The van der Waals surface area contributed by atoms with Gasteiger partial charge in [-0.15, -0.1) is 0 Å². The second-order valence-corrected chi connectivity index (χ2v) is 4.86. The first kappa shape index (κ1) is 14.7. The Morgan fingerprint density at radius 1 is 1.45 bits per heavy atom. The molecule has 0 unspecified atom stereocenters. The maximum Gasteiger partial charge on any atom is 0.147 e. The summed E-state index contributed by atoms with van der Waals surface area (Å²) in [7, 11) is 0. The Kier molecular flexibility index (Phi) is 4.92. The zero-order chi connectivity index (χ0) is 14.5. The van der Waals surface area contributed by atoms with Gasteiger partial charge in [0.25, 0.3) is 0 Å². The fourth-order valence-electron chi connectivity index (χ4n) is 2.41. The standard InChI is InChI=1S/C14H20FN3O2/c15-12-9-10(14(16)17)1-2-13(12)18-5-3-11(4-6-18)20-8-7-19/h1-2,9,11,19H,3-8H2,(H3,16,17). The van der Waals surface area contributed by atoms with Crippen molar-refractivity contribution < 1.29 is 14.2 Å². The number of hydrogen-bond acceptors (Lipinski definition) is 4. The molecule has 0 amide bonds. The quantitative estimate of drug-likeness (QED) is 0.557. The van der Waals surface area contributed by atoms with E-state index in [0.29, 0.717) is 30.9 Å². The maximum absolute atomic E-state index is 14.0. The van der Waals surface area contributed by atoms with E-state index in [4.69, 9.17) is 21.0 Å². The van der Waals surface area contributed by atoms with E-state index < -0.39 is 0 Å². The number of anilines is 1. The molecule has 1 fully saturated rings. The molecule has 0 aromatic heterocycles. The summed E-state index contributed by atoms with van der Waals surface area (Å²) in [5.74, 6) is -0.487. The van der Waals surface area contributed by atoms with E-state index in [1.165, 1.54) is 6.07 Å². The molecule has 6 heteroatoms. The van der Waals surface area contributed by atoms with Crippen molar-refractivity contribution in [2.24, 2.45) is 5.73 Å². The number of benzene rings is 1. The number of hydrogen-bond donors (Lipinski definition) is 3. The van der Waals surface area contributed by atoms with Crippen LogP contribution in [-0.4, -0.2) is 43.3 Å². The molecule has 0 atom stereocenters. The van der Waals surface area contributed by atoms with Crippen LogP contribution < -0.4 is 10.6 Å². The number of halogens is 1. The van der Waals surface area contributed by atoms with Gasteiger partial charge >= 0.3 is 0 Å². The number of nitrogens with zero attached hydrogens (tertiary/aromatic N) is 1. The van der Waals surface area contributed by atoms with Gasteiger partial charge in [0.15, 0.2) is 0 Å². The number of nitrogens with one attached hydrogen (secondary N) is 1. The van der Waals surface area contributed by atoms with Gasteiger partial charge in [-0.3, -0.25) is 5.41 Å². The molecule has 2 rings (SSSR count). The lowest BCUT2D eigenvalue weighted by molar-refractivity contribution is 0.0158. The molecule has 5 nitrogen and oxygen atoms in total. The van der Waals surface area contributed by atoms with Crippen molar-refractivity contribution in [1.82, 2.24) is 0 Å². The first-order valence-electron chi connectivity index (χ1n) is 6.73. The molecule has 0 saturated carbocycles. The Balaban J connectivity index is 1.98. The first-order valence-corrected chi connectivity index (χ1v) is 6.73. The molecule has 0 radical (unpaired) electrons. The van der Waals surface area contributed by atoms with Gasteiger partial charge in [0.1, 0.15) is 11.7 Å². The molecule has 1 aromatic rings. The predicted octanol–water partition coefficient (Wildman–Crippen LogP) is 1.09. The Bertz CT molecular complexity index is 473. The molecule has 0 spiro atoms. The molecule has 20 heavy (non-hydrogen) atoms. The van der Waals surface area contributed by atoms with E-state index in [-0.39, 0.29) is 24.4 Å². The topological polar surface area (TPSA) is 82.6 Å². The van der Waals surface area contributed by atoms with Gasteiger partial charge in [-0.2, -0.15) is 0 Å². The van der Waals surface area contributed by atoms with E-state index in [0.717, 1.165) is 12.8 Å². The van der Waals surface area contributed by atoms with Crippen molar-refractivity contribution in [3.8, 4) is 0 Å². The van der Waals surface area contributed by atoms with E-state index >= 15 is 0 Å². The molecule has 1 aromatic carbocycles. The molecular formula is C14H20FN3O2. The van der Waals surface area contributed by atoms with Crippen molar-refractivity contribution in [3.05, 3.63) is 29.6 Å². The predicted molar refractivity (Wildman–Crippen MR) is 75.7 cm³/mol. The number of nitrogen functional groups attached to an aromatic ring is 1. The Morgan fingerprint density at radius 3 is 2.70 bits per heavy atom. The number of nitrogens with two attached hydrogens (primary N) is 1. The molecule has 1 heterocycles. The van der Waals surface area contributed by atoms with Gasteiger partial charge in [0, 0.05) is 18.7 Å². The second-order valence-electron chi connectivity index (χ2n) is 4.86. The van der Waals surface area contributed by atoms with Crippen molar-refractivity contribution >= 4 is 11.5 Å². The molecule has 110 valence electrons. The maximum atomic E-state index is 14.0. The molecular weight excluding hydrogens is 261 g/mol. The minimum absolute atomic E-state index is 0.0291. The lowest BCUT2D eigenvalue weighted by Crippen LogP contribution is -2.37. The van der Waals surface area contributed by atoms with Gasteiger partial charge in [0.05, 0.1) is 25.0 Å². The van der Waals surface area contributed by atoms with E-state index in [2.05, 4.69) is 0 Å². The zero-order valence-electron chi connectivity index (χ0n) is 11.3. The lowest BCUT2D eigenvalue weighted by Gasteiger charge is -2.33. The number of aliphatic hydroxyl groups excluding tert-OH is 1. The average molecular weight is 281 g/mol. The number of amidine groups is 1. The van der Waals surface area contributed by atoms with Crippen LogP contribution in [-0.2, 0) is 4.74 Å². The minimum Gasteiger partial charge on any atom is -0.394 e. The van der Waals surface area contributed by atoms with Crippen LogP contribution in [0.4, 0.5) is 10.1 Å². The van der Waals surface area contributed by atoms with Crippen LogP contribution in [0.5, 0.6) is 0 Å². The van der Waals surface area contributed by atoms with Gasteiger partial charge < -0.3 is 20.5 Å². The fraction of sp³-hybridized carbons (Fsp3) is 0.500. The van der Waals surface area contributed by atoms with Crippen LogP contribution in [0, 0.1) is 11.2 Å². The molecule has 1 aliphatic rings.